The molecule has 0 amide bonds. The van der Waals surface area contributed by atoms with Gasteiger partial charge in [-0.25, -0.2) is 0 Å². The Balaban J connectivity index is 1.77. The van der Waals surface area contributed by atoms with Crippen LogP contribution in [0.4, 0.5) is 0 Å². The van der Waals surface area contributed by atoms with Gasteiger partial charge >= 0.3 is 0 Å². The predicted octanol–water partition coefficient (Wildman–Crippen LogP) is 2.22. The van der Waals surface area contributed by atoms with Crippen LogP contribution in [-0.2, 0) is 6.42 Å². The molecule has 1 saturated heterocycles. The molecule has 3 nitrogen and oxygen atoms in total. The standard InChI is InChI=1S/C18H31N3/c1-20-12-10-17(11-13-20)15-21(2)18(14-19)9-8-16-6-4-3-5-7-16/h3-7,17-18H,8-15,19H2,1-2H3. The van der Waals surface area contributed by atoms with Crippen LogP contribution in [0.1, 0.15) is 24.8 Å². The first kappa shape index (κ1) is 16.5. The summed E-state index contributed by atoms with van der Waals surface area (Å²) in [5.74, 6) is 0.844. The molecule has 1 aliphatic heterocycles. The molecule has 0 radical (unpaired) electrons. The van der Waals surface area contributed by atoms with E-state index >= 15 is 0 Å². The summed E-state index contributed by atoms with van der Waals surface area (Å²) in [7, 11) is 4.48. The molecule has 1 heterocycles. The van der Waals surface area contributed by atoms with Crippen molar-refractivity contribution in [2.24, 2.45) is 11.7 Å². The Morgan fingerprint density at radius 1 is 1.24 bits per heavy atom. The number of nitrogens with zero attached hydrogens (tertiary/aromatic N) is 2. The Bertz CT molecular complexity index is 385. The quantitative estimate of drug-likeness (QED) is 0.835. The van der Waals surface area contributed by atoms with Crippen molar-refractivity contribution in [3.63, 3.8) is 0 Å². The number of rotatable bonds is 7. The molecule has 0 aliphatic carbocycles. The van der Waals surface area contributed by atoms with Crippen LogP contribution in [0, 0.1) is 5.92 Å². The van der Waals surface area contributed by atoms with E-state index in [1.165, 1.54) is 38.0 Å². The van der Waals surface area contributed by atoms with Gasteiger partial charge in [0.1, 0.15) is 0 Å². The number of hydrogen-bond donors (Lipinski definition) is 1. The first-order valence-electron chi connectivity index (χ1n) is 8.32. The van der Waals surface area contributed by atoms with Crippen molar-refractivity contribution in [2.75, 3.05) is 40.3 Å². The van der Waals surface area contributed by atoms with Crippen molar-refractivity contribution < 1.29 is 0 Å². The third kappa shape index (κ3) is 5.42. The Hall–Kier alpha value is -0.900. The SMILES string of the molecule is CN1CCC(CN(C)C(CN)CCc2ccccc2)CC1. The summed E-state index contributed by atoms with van der Waals surface area (Å²) in [5.41, 5.74) is 7.44. The second-order valence-electron chi connectivity index (χ2n) is 6.60. The lowest BCUT2D eigenvalue weighted by Gasteiger charge is -2.34. The van der Waals surface area contributed by atoms with Crippen LogP contribution < -0.4 is 5.73 Å². The van der Waals surface area contributed by atoms with E-state index in [4.69, 9.17) is 5.73 Å². The topological polar surface area (TPSA) is 32.5 Å². The van der Waals surface area contributed by atoms with Crippen LogP contribution in [0.25, 0.3) is 0 Å². The molecule has 0 aromatic heterocycles. The summed E-state index contributed by atoms with van der Waals surface area (Å²) < 4.78 is 0. The second kappa shape index (κ2) is 8.52. The van der Waals surface area contributed by atoms with Gasteiger partial charge in [0.2, 0.25) is 0 Å². The maximum absolute atomic E-state index is 6.02. The van der Waals surface area contributed by atoms with Crippen molar-refractivity contribution in [3.8, 4) is 0 Å². The minimum atomic E-state index is 0.505. The van der Waals surface area contributed by atoms with Crippen LogP contribution in [0.5, 0.6) is 0 Å². The number of hydrogen-bond acceptors (Lipinski definition) is 3. The fraction of sp³-hybridized carbons (Fsp3) is 0.667. The van der Waals surface area contributed by atoms with E-state index in [1.807, 2.05) is 0 Å². The highest BCUT2D eigenvalue weighted by atomic mass is 15.1. The number of likely N-dealkylation sites (tertiary alicyclic amines) is 1. The third-order valence-corrected chi connectivity index (χ3v) is 4.89. The number of likely N-dealkylation sites (N-methyl/N-ethyl adjacent to an activating group) is 1. The van der Waals surface area contributed by atoms with Gasteiger partial charge in [-0.2, -0.15) is 0 Å². The molecule has 118 valence electrons. The summed E-state index contributed by atoms with van der Waals surface area (Å²) in [6, 6.07) is 11.2. The minimum absolute atomic E-state index is 0.505. The number of benzene rings is 1. The van der Waals surface area contributed by atoms with Gasteiger partial charge in [-0.15, -0.1) is 0 Å². The zero-order chi connectivity index (χ0) is 15.1. The van der Waals surface area contributed by atoms with Crippen LogP contribution in [0.2, 0.25) is 0 Å². The van der Waals surface area contributed by atoms with E-state index in [1.54, 1.807) is 0 Å². The molecule has 1 atom stereocenters. The maximum Gasteiger partial charge on any atom is 0.0218 e. The van der Waals surface area contributed by atoms with E-state index in [2.05, 4.69) is 54.2 Å². The van der Waals surface area contributed by atoms with Gasteiger partial charge in [-0.05, 0) is 64.3 Å². The Morgan fingerprint density at radius 3 is 2.52 bits per heavy atom. The molecule has 0 bridgehead atoms. The zero-order valence-electron chi connectivity index (χ0n) is 13.7. The molecule has 0 spiro atoms. The summed E-state index contributed by atoms with van der Waals surface area (Å²) in [4.78, 5) is 4.94. The van der Waals surface area contributed by atoms with Gasteiger partial charge in [0.15, 0.2) is 0 Å². The summed E-state index contributed by atoms with van der Waals surface area (Å²) in [6.45, 7) is 4.45. The van der Waals surface area contributed by atoms with Gasteiger partial charge in [0.25, 0.3) is 0 Å². The highest BCUT2D eigenvalue weighted by molar-refractivity contribution is 5.14. The highest BCUT2D eigenvalue weighted by Crippen LogP contribution is 2.18. The van der Waals surface area contributed by atoms with E-state index in [-0.39, 0.29) is 0 Å². The van der Waals surface area contributed by atoms with E-state index < -0.39 is 0 Å². The van der Waals surface area contributed by atoms with Gasteiger partial charge < -0.3 is 15.5 Å². The number of aryl methyl sites for hydroxylation is 1. The maximum atomic E-state index is 6.02. The highest BCUT2D eigenvalue weighted by Gasteiger charge is 2.21. The summed E-state index contributed by atoms with van der Waals surface area (Å²) in [6.07, 6.45) is 4.94. The molecule has 21 heavy (non-hydrogen) atoms. The average molecular weight is 289 g/mol. The Labute approximate surface area is 130 Å². The van der Waals surface area contributed by atoms with Gasteiger partial charge in [0.05, 0.1) is 0 Å². The number of piperidine rings is 1. The lowest BCUT2D eigenvalue weighted by atomic mass is 9.95. The molecule has 1 aromatic rings. The summed E-state index contributed by atoms with van der Waals surface area (Å²) >= 11 is 0. The fourth-order valence-corrected chi connectivity index (χ4v) is 3.30. The molecule has 1 aromatic carbocycles. The lowest BCUT2D eigenvalue weighted by Crippen LogP contribution is -2.43. The molecule has 1 fully saturated rings. The third-order valence-electron chi connectivity index (χ3n) is 4.89. The molecule has 0 saturated carbocycles. The van der Waals surface area contributed by atoms with Crippen LogP contribution in [0.3, 0.4) is 0 Å². The zero-order valence-corrected chi connectivity index (χ0v) is 13.7. The van der Waals surface area contributed by atoms with E-state index in [9.17, 15) is 0 Å². The molecule has 1 aliphatic rings. The van der Waals surface area contributed by atoms with Gasteiger partial charge in [-0.3, -0.25) is 0 Å². The Morgan fingerprint density at radius 2 is 1.90 bits per heavy atom. The molecular formula is C18H31N3. The van der Waals surface area contributed by atoms with Crippen molar-refractivity contribution >= 4 is 0 Å². The molecule has 1 unspecified atom stereocenters. The van der Waals surface area contributed by atoms with E-state index in [0.29, 0.717) is 6.04 Å². The molecule has 2 rings (SSSR count). The molecule has 3 heteroatoms. The first-order chi connectivity index (χ1) is 10.2. The first-order valence-corrected chi connectivity index (χ1v) is 8.32. The van der Waals surface area contributed by atoms with E-state index in [0.717, 1.165) is 25.3 Å². The fourth-order valence-electron chi connectivity index (χ4n) is 3.30. The Kier molecular flexibility index (Phi) is 6.68. The van der Waals surface area contributed by atoms with Gasteiger partial charge in [0, 0.05) is 19.1 Å². The van der Waals surface area contributed by atoms with Gasteiger partial charge in [-0.1, -0.05) is 30.3 Å². The molecule has 2 N–H and O–H groups in total. The minimum Gasteiger partial charge on any atom is -0.329 e. The molecular weight excluding hydrogens is 258 g/mol. The van der Waals surface area contributed by atoms with Crippen LogP contribution in [-0.4, -0.2) is 56.1 Å². The monoisotopic (exact) mass is 289 g/mol. The van der Waals surface area contributed by atoms with Crippen molar-refractivity contribution in [1.29, 1.82) is 0 Å². The normalized spacial score (nSPS) is 19.0. The predicted molar refractivity (Wildman–Crippen MR) is 90.5 cm³/mol. The number of nitrogens with two attached hydrogens (primary N) is 1. The van der Waals surface area contributed by atoms with Crippen molar-refractivity contribution in [3.05, 3.63) is 35.9 Å². The largest absolute Gasteiger partial charge is 0.329 e. The smallest absolute Gasteiger partial charge is 0.0218 e. The second-order valence-corrected chi connectivity index (χ2v) is 6.60. The van der Waals surface area contributed by atoms with Crippen molar-refractivity contribution in [1.82, 2.24) is 9.80 Å². The van der Waals surface area contributed by atoms with Crippen molar-refractivity contribution in [2.45, 2.75) is 31.7 Å². The van der Waals surface area contributed by atoms with Crippen LogP contribution in [0.15, 0.2) is 30.3 Å². The summed E-state index contributed by atoms with van der Waals surface area (Å²) in [5, 5.41) is 0. The average Bonchev–Trinajstić information content (AvgIpc) is 2.51. The lowest BCUT2D eigenvalue weighted by molar-refractivity contribution is 0.147. The van der Waals surface area contributed by atoms with Crippen LogP contribution >= 0.6 is 0 Å².